The minimum absolute atomic E-state index is 0.0432. The molecule has 0 aliphatic rings. The van der Waals surface area contributed by atoms with E-state index in [2.05, 4.69) is 4.98 Å². The lowest BCUT2D eigenvalue weighted by molar-refractivity contribution is 0.103. The summed E-state index contributed by atoms with van der Waals surface area (Å²) in [7, 11) is 1.36. The van der Waals surface area contributed by atoms with Crippen LogP contribution in [-0.4, -0.2) is 17.9 Å². The number of rotatable bonds is 3. The highest BCUT2D eigenvalue weighted by molar-refractivity contribution is 6.08. The smallest absolute Gasteiger partial charge is 0.211 e. The van der Waals surface area contributed by atoms with Crippen molar-refractivity contribution in [3.8, 4) is 5.75 Å². The third-order valence-corrected chi connectivity index (χ3v) is 3.24. The van der Waals surface area contributed by atoms with Crippen LogP contribution in [0, 0.1) is 5.82 Å². The summed E-state index contributed by atoms with van der Waals surface area (Å²) in [6, 6.07) is 15.1. The number of hydrogen-bond donors (Lipinski definition) is 0. The van der Waals surface area contributed by atoms with Crippen LogP contribution < -0.4 is 4.74 Å². The van der Waals surface area contributed by atoms with E-state index in [4.69, 9.17) is 4.74 Å². The first kappa shape index (κ1) is 13.2. The second-order valence-electron chi connectivity index (χ2n) is 4.57. The number of ether oxygens (including phenoxy) is 1. The highest BCUT2D eigenvalue weighted by atomic mass is 19.1. The second-order valence-corrected chi connectivity index (χ2v) is 4.57. The molecule has 0 aliphatic heterocycles. The van der Waals surface area contributed by atoms with E-state index in [1.54, 1.807) is 6.07 Å². The first-order valence-electron chi connectivity index (χ1n) is 6.43. The molecule has 0 radical (unpaired) electrons. The Bertz CT molecular complexity index is 830. The predicted octanol–water partition coefficient (Wildman–Crippen LogP) is 3.61. The van der Waals surface area contributed by atoms with E-state index in [1.807, 2.05) is 30.3 Å². The SMILES string of the molecule is COc1cc(C(=O)c2ccc3ccccc3n2)ccc1F. The van der Waals surface area contributed by atoms with E-state index in [-0.39, 0.29) is 11.5 Å². The lowest BCUT2D eigenvalue weighted by Gasteiger charge is -2.06. The largest absolute Gasteiger partial charge is 0.494 e. The normalized spacial score (nSPS) is 10.6. The Balaban J connectivity index is 2.03. The first-order chi connectivity index (χ1) is 10.2. The summed E-state index contributed by atoms with van der Waals surface area (Å²) < 4.78 is 18.3. The molecular weight excluding hydrogens is 269 g/mol. The van der Waals surface area contributed by atoms with Gasteiger partial charge in [0, 0.05) is 10.9 Å². The van der Waals surface area contributed by atoms with Gasteiger partial charge in [-0.25, -0.2) is 9.37 Å². The van der Waals surface area contributed by atoms with Crippen LogP contribution >= 0.6 is 0 Å². The molecule has 1 heterocycles. The number of carbonyl (C=O) groups is 1. The number of hydrogen-bond acceptors (Lipinski definition) is 3. The van der Waals surface area contributed by atoms with Crippen molar-refractivity contribution in [3.05, 3.63) is 71.7 Å². The number of carbonyl (C=O) groups excluding carboxylic acids is 1. The van der Waals surface area contributed by atoms with Gasteiger partial charge in [0.05, 0.1) is 12.6 Å². The van der Waals surface area contributed by atoms with Gasteiger partial charge in [-0.05, 0) is 30.3 Å². The van der Waals surface area contributed by atoms with Crippen molar-refractivity contribution in [2.24, 2.45) is 0 Å². The maximum atomic E-state index is 13.4. The second kappa shape index (κ2) is 5.32. The van der Waals surface area contributed by atoms with Gasteiger partial charge in [-0.2, -0.15) is 0 Å². The van der Waals surface area contributed by atoms with Crippen molar-refractivity contribution >= 4 is 16.7 Å². The van der Waals surface area contributed by atoms with Crippen LogP contribution in [0.5, 0.6) is 5.75 Å². The molecule has 3 aromatic rings. The molecule has 0 aliphatic carbocycles. The number of fused-ring (bicyclic) bond motifs is 1. The summed E-state index contributed by atoms with van der Waals surface area (Å²) in [5, 5.41) is 0.964. The Morgan fingerprint density at radius 3 is 2.71 bits per heavy atom. The monoisotopic (exact) mass is 281 g/mol. The van der Waals surface area contributed by atoms with Crippen molar-refractivity contribution in [3.63, 3.8) is 0 Å². The van der Waals surface area contributed by atoms with Crippen molar-refractivity contribution in [1.82, 2.24) is 4.98 Å². The molecule has 0 amide bonds. The van der Waals surface area contributed by atoms with Gasteiger partial charge < -0.3 is 4.74 Å². The fourth-order valence-corrected chi connectivity index (χ4v) is 2.14. The van der Waals surface area contributed by atoms with Crippen LogP contribution in [0.15, 0.2) is 54.6 Å². The number of pyridine rings is 1. The van der Waals surface area contributed by atoms with Crippen LogP contribution in [0.2, 0.25) is 0 Å². The lowest BCUT2D eigenvalue weighted by Crippen LogP contribution is -2.05. The van der Waals surface area contributed by atoms with E-state index in [9.17, 15) is 9.18 Å². The minimum Gasteiger partial charge on any atom is -0.494 e. The van der Waals surface area contributed by atoms with Crippen molar-refractivity contribution < 1.29 is 13.9 Å². The molecular formula is C17H12FNO2. The fourth-order valence-electron chi connectivity index (χ4n) is 2.14. The van der Waals surface area contributed by atoms with Crippen LogP contribution in [-0.2, 0) is 0 Å². The number of para-hydroxylation sites is 1. The summed E-state index contributed by atoms with van der Waals surface area (Å²) in [6.07, 6.45) is 0. The number of benzene rings is 2. The molecule has 1 aromatic heterocycles. The van der Waals surface area contributed by atoms with E-state index in [1.165, 1.54) is 25.3 Å². The molecule has 0 N–H and O–H groups in total. The Labute approximate surface area is 121 Å². The van der Waals surface area contributed by atoms with Crippen LogP contribution in [0.1, 0.15) is 16.1 Å². The molecule has 2 aromatic carbocycles. The summed E-state index contributed by atoms with van der Waals surface area (Å²) >= 11 is 0. The number of methoxy groups -OCH3 is 1. The summed E-state index contributed by atoms with van der Waals surface area (Å²) in [4.78, 5) is 16.8. The number of ketones is 1. The van der Waals surface area contributed by atoms with Gasteiger partial charge in [0.25, 0.3) is 0 Å². The first-order valence-corrected chi connectivity index (χ1v) is 6.43. The van der Waals surface area contributed by atoms with Crippen molar-refractivity contribution in [1.29, 1.82) is 0 Å². The Morgan fingerprint density at radius 2 is 1.90 bits per heavy atom. The molecule has 4 heteroatoms. The third kappa shape index (κ3) is 2.48. The number of nitrogens with zero attached hydrogens (tertiary/aromatic N) is 1. The predicted molar refractivity (Wildman–Crippen MR) is 78.1 cm³/mol. The van der Waals surface area contributed by atoms with Gasteiger partial charge in [-0.15, -0.1) is 0 Å². The van der Waals surface area contributed by atoms with E-state index in [0.717, 1.165) is 10.9 Å². The minimum atomic E-state index is -0.500. The summed E-state index contributed by atoms with van der Waals surface area (Å²) in [5.74, 6) is -0.721. The quantitative estimate of drug-likeness (QED) is 0.688. The molecule has 0 spiro atoms. The maximum absolute atomic E-state index is 13.4. The fraction of sp³-hybridized carbons (Fsp3) is 0.0588. The van der Waals surface area contributed by atoms with E-state index >= 15 is 0 Å². The Hall–Kier alpha value is -2.75. The summed E-state index contributed by atoms with van der Waals surface area (Å²) in [5.41, 5.74) is 1.41. The molecule has 0 saturated carbocycles. The van der Waals surface area contributed by atoms with Crippen LogP contribution in [0.25, 0.3) is 10.9 Å². The van der Waals surface area contributed by atoms with Crippen molar-refractivity contribution in [2.45, 2.75) is 0 Å². The highest BCUT2D eigenvalue weighted by Gasteiger charge is 2.14. The van der Waals surface area contributed by atoms with Gasteiger partial charge in [-0.1, -0.05) is 24.3 Å². The molecule has 21 heavy (non-hydrogen) atoms. The zero-order valence-corrected chi connectivity index (χ0v) is 11.3. The molecule has 3 rings (SSSR count). The standard InChI is InChI=1S/C17H12FNO2/c1-21-16-10-12(6-8-13(16)18)17(20)15-9-7-11-4-2-3-5-14(11)19-15/h2-10H,1H3. The van der Waals surface area contributed by atoms with Crippen LogP contribution in [0.4, 0.5) is 4.39 Å². The van der Waals surface area contributed by atoms with Crippen LogP contribution in [0.3, 0.4) is 0 Å². The molecule has 0 bridgehead atoms. The Morgan fingerprint density at radius 1 is 1.10 bits per heavy atom. The number of halogens is 1. The maximum Gasteiger partial charge on any atom is 0.211 e. The van der Waals surface area contributed by atoms with E-state index in [0.29, 0.717) is 11.3 Å². The van der Waals surface area contributed by atoms with Gasteiger partial charge in [0.15, 0.2) is 11.6 Å². The molecule has 104 valence electrons. The highest BCUT2D eigenvalue weighted by Crippen LogP contribution is 2.21. The molecule has 0 unspecified atom stereocenters. The van der Waals surface area contributed by atoms with E-state index < -0.39 is 5.82 Å². The van der Waals surface area contributed by atoms with Gasteiger partial charge in [0.1, 0.15) is 5.69 Å². The topological polar surface area (TPSA) is 39.2 Å². The zero-order chi connectivity index (χ0) is 14.8. The lowest BCUT2D eigenvalue weighted by atomic mass is 10.1. The van der Waals surface area contributed by atoms with Crippen molar-refractivity contribution in [2.75, 3.05) is 7.11 Å². The Kier molecular flexibility index (Phi) is 3.36. The molecule has 0 fully saturated rings. The summed E-state index contributed by atoms with van der Waals surface area (Å²) in [6.45, 7) is 0. The van der Waals surface area contributed by atoms with Gasteiger partial charge >= 0.3 is 0 Å². The third-order valence-electron chi connectivity index (χ3n) is 3.24. The zero-order valence-electron chi connectivity index (χ0n) is 11.3. The van der Waals surface area contributed by atoms with Gasteiger partial charge in [-0.3, -0.25) is 4.79 Å². The number of aromatic nitrogens is 1. The molecule has 0 atom stereocenters. The average Bonchev–Trinajstić information content (AvgIpc) is 2.54. The molecule has 0 saturated heterocycles. The van der Waals surface area contributed by atoms with Gasteiger partial charge in [0.2, 0.25) is 5.78 Å². The average molecular weight is 281 g/mol. The molecule has 3 nitrogen and oxygen atoms in total.